The maximum atomic E-state index is 5.28. The summed E-state index contributed by atoms with van der Waals surface area (Å²) in [5, 5.41) is 6.59. The first-order chi connectivity index (χ1) is 9.30. The first-order valence-electron chi connectivity index (χ1n) is 6.71. The molecule has 0 fully saturated rings. The van der Waals surface area contributed by atoms with Gasteiger partial charge in [-0.25, -0.2) is 4.98 Å². The number of nitrogens with zero attached hydrogens (tertiary/aromatic N) is 1. The third-order valence-electron chi connectivity index (χ3n) is 2.78. The van der Waals surface area contributed by atoms with Crippen molar-refractivity contribution >= 4 is 5.82 Å². The van der Waals surface area contributed by atoms with Gasteiger partial charge < -0.3 is 20.1 Å². The van der Waals surface area contributed by atoms with Crippen LogP contribution in [-0.4, -0.2) is 45.0 Å². The molecule has 1 aromatic heterocycles. The second-order valence-corrected chi connectivity index (χ2v) is 4.42. The van der Waals surface area contributed by atoms with Gasteiger partial charge in [-0.15, -0.1) is 0 Å². The minimum atomic E-state index is 0.0395. The summed E-state index contributed by atoms with van der Waals surface area (Å²) >= 11 is 0. The van der Waals surface area contributed by atoms with Gasteiger partial charge in [0, 0.05) is 33.5 Å². The number of nitrogens with one attached hydrogen (secondary N) is 2. The smallest absolute Gasteiger partial charge is 0.125 e. The zero-order valence-electron chi connectivity index (χ0n) is 12.1. The van der Waals surface area contributed by atoms with Gasteiger partial charge in [-0.2, -0.15) is 0 Å². The van der Waals surface area contributed by atoms with Gasteiger partial charge in [0.15, 0.2) is 0 Å². The summed E-state index contributed by atoms with van der Waals surface area (Å²) in [6, 6.07) is 4.07. The van der Waals surface area contributed by atoms with Crippen LogP contribution in [0.2, 0.25) is 0 Å². The second kappa shape index (κ2) is 9.72. The van der Waals surface area contributed by atoms with Crippen molar-refractivity contribution in [1.29, 1.82) is 0 Å². The standard InChI is InChI=1S/C14H25N3O2/c1-4-7-15-8-12-5-6-14(16-9-12)17-10-13(19-3)11-18-2/h5-6,9,13,15H,4,7-8,10-11H2,1-3H3,(H,16,17). The van der Waals surface area contributed by atoms with E-state index in [2.05, 4.69) is 28.6 Å². The maximum Gasteiger partial charge on any atom is 0.125 e. The number of aromatic nitrogens is 1. The molecule has 0 aliphatic heterocycles. The fourth-order valence-corrected chi connectivity index (χ4v) is 1.66. The summed E-state index contributed by atoms with van der Waals surface area (Å²) in [5.74, 6) is 0.859. The van der Waals surface area contributed by atoms with Crippen LogP contribution < -0.4 is 10.6 Å². The SMILES string of the molecule is CCCNCc1ccc(NCC(COC)OC)nc1. The first kappa shape index (κ1) is 15.9. The molecule has 0 aliphatic rings. The molecule has 1 unspecified atom stereocenters. The Bertz CT molecular complexity index is 330. The average Bonchev–Trinajstić information content (AvgIpc) is 2.45. The summed E-state index contributed by atoms with van der Waals surface area (Å²) in [4.78, 5) is 4.38. The lowest BCUT2D eigenvalue weighted by molar-refractivity contribution is 0.0365. The largest absolute Gasteiger partial charge is 0.382 e. The average molecular weight is 267 g/mol. The highest BCUT2D eigenvalue weighted by molar-refractivity contribution is 5.35. The third kappa shape index (κ3) is 6.52. The molecule has 0 saturated carbocycles. The monoisotopic (exact) mass is 267 g/mol. The van der Waals surface area contributed by atoms with Crippen LogP contribution in [0, 0.1) is 0 Å². The lowest BCUT2D eigenvalue weighted by atomic mass is 10.2. The van der Waals surface area contributed by atoms with Crippen molar-refractivity contribution in [3.05, 3.63) is 23.9 Å². The third-order valence-corrected chi connectivity index (χ3v) is 2.78. The Morgan fingerprint density at radius 2 is 2.16 bits per heavy atom. The highest BCUT2D eigenvalue weighted by Gasteiger charge is 2.06. The molecule has 0 saturated heterocycles. The number of ether oxygens (including phenoxy) is 2. The molecule has 0 bridgehead atoms. The number of hydrogen-bond acceptors (Lipinski definition) is 5. The summed E-state index contributed by atoms with van der Waals surface area (Å²) in [6.07, 6.45) is 3.08. The summed E-state index contributed by atoms with van der Waals surface area (Å²) in [6.45, 7) is 5.32. The van der Waals surface area contributed by atoms with Gasteiger partial charge in [0.05, 0.1) is 12.7 Å². The predicted octanol–water partition coefficient (Wildman–Crippen LogP) is 1.65. The minimum Gasteiger partial charge on any atom is -0.382 e. The molecular formula is C14H25N3O2. The number of anilines is 1. The zero-order chi connectivity index (χ0) is 13.9. The van der Waals surface area contributed by atoms with E-state index in [4.69, 9.17) is 9.47 Å². The lowest BCUT2D eigenvalue weighted by Crippen LogP contribution is -2.26. The van der Waals surface area contributed by atoms with Crippen molar-refractivity contribution in [3.8, 4) is 0 Å². The van der Waals surface area contributed by atoms with E-state index in [1.807, 2.05) is 12.3 Å². The summed E-state index contributed by atoms with van der Waals surface area (Å²) in [7, 11) is 3.35. The van der Waals surface area contributed by atoms with Crippen LogP contribution >= 0.6 is 0 Å². The van der Waals surface area contributed by atoms with Gasteiger partial charge in [-0.1, -0.05) is 13.0 Å². The van der Waals surface area contributed by atoms with Crippen LogP contribution in [0.4, 0.5) is 5.82 Å². The molecule has 0 spiro atoms. The maximum absolute atomic E-state index is 5.28. The Labute approximate surface area is 115 Å². The molecule has 1 atom stereocenters. The molecule has 5 nitrogen and oxygen atoms in total. The summed E-state index contributed by atoms with van der Waals surface area (Å²) in [5.41, 5.74) is 1.19. The van der Waals surface area contributed by atoms with E-state index in [-0.39, 0.29) is 6.10 Å². The number of pyridine rings is 1. The van der Waals surface area contributed by atoms with Gasteiger partial charge in [0.25, 0.3) is 0 Å². The molecule has 0 aromatic carbocycles. The van der Waals surface area contributed by atoms with Crippen LogP contribution in [0.25, 0.3) is 0 Å². The van der Waals surface area contributed by atoms with E-state index in [1.54, 1.807) is 14.2 Å². The van der Waals surface area contributed by atoms with Gasteiger partial charge in [0.2, 0.25) is 0 Å². The van der Waals surface area contributed by atoms with Crippen molar-refractivity contribution in [3.63, 3.8) is 0 Å². The van der Waals surface area contributed by atoms with Crippen LogP contribution in [0.15, 0.2) is 18.3 Å². The molecule has 0 radical (unpaired) electrons. The molecule has 1 aromatic rings. The van der Waals surface area contributed by atoms with E-state index in [0.29, 0.717) is 13.2 Å². The predicted molar refractivity (Wildman–Crippen MR) is 77.4 cm³/mol. The van der Waals surface area contributed by atoms with Gasteiger partial charge >= 0.3 is 0 Å². The normalized spacial score (nSPS) is 12.4. The highest BCUT2D eigenvalue weighted by Crippen LogP contribution is 2.05. The molecule has 0 aliphatic carbocycles. The van der Waals surface area contributed by atoms with E-state index < -0.39 is 0 Å². The van der Waals surface area contributed by atoms with E-state index >= 15 is 0 Å². The quantitative estimate of drug-likeness (QED) is 0.631. The Balaban J connectivity index is 2.34. The Morgan fingerprint density at radius 1 is 1.32 bits per heavy atom. The Kier molecular flexibility index (Phi) is 8.13. The van der Waals surface area contributed by atoms with Crippen LogP contribution in [0.5, 0.6) is 0 Å². The van der Waals surface area contributed by atoms with E-state index in [9.17, 15) is 0 Å². The fourth-order valence-electron chi connectivity index (χ4n) is 1.66. The molecule has 19 heavy (non-hydrogen) atoms. The molecular weight excluding hydrogens is 242 g/mol. The van der Waals surface area contributed by atoms with Gasteiger partial charge in [-0.05, 0) is 24.6 Å². The van der Waals surface area contributed by atoms with Crippen molar-refractivity contribution in [1.82, 2.24) is 10.3 Å². The molecule has 2 N–H and O–H groups in total. The van der Waals surface area contributed by atoms with Crippen molar-refractivity contribution in [2.75, 3.05) is 39.2 Å². The molecule has 1 heterocycles. The topological polar surface area (TPSA) is 55.4 Å². The van der Waals surface area contributed by atoms with Gasteiger partial charge in [-0.3, -0.25) is 0 Å². The van der Waals surface area contributed by atoms with Crippen LogP contribution in [0.1, 0.15) is 18.9 Å². The molecule has 108 valence electrons. The van der Waals surface area contributed by atoms with Crippen molar-refractivity contribution in [2.24, 2.45) is 0 Å². The van der Waals surface area contributed by atoms with Gasteiger partial charge in [0.1, 0.15) is 5.82 Å². The van der Waals surface area contributed by atoms with Crippen molar-refractivity contribution in [2.45, 2.75) is 26.0 Å². The highest BCUT2D eigenvalue weighted by atomic mass is 16.5. The number of rotatable bonds is 10. The first-order valence-corrected chi connectivity index (χ1v) is 6.71. The summed E-state index contributed by atoms with van der Waals surface area (Å²) < 4.78 is 10.3. The number of methoxy groups -OCH3 is 2. The second-order valence-electron chi connectivity index (χ2n) is 4.42. The molecule has 0 amide bonds. The van der Waals surface area contributed by atoms with E-state index in [0.717, 1.165) is 25.3 Å². The van der Waals surface area contributed by atoms with Crippen LogP contribution in [-0.2, 0) is 16.0 Å². The Hall–Kier alpha value is -1.17. The zero-order valence-corrected chi connectivity index (χ0v) is 12.1. The minimum absolute atomic E-state index is 0.0395. The molecule has 5 heteroatoms. The van der Waals surface area contributed by atoms with Crippen LogP contribution in [0.3, 0.4) is 0 Å². The fraction of sp³-hybridized carbons (Fsp3) is 0.643. The van der Waals surface area contributed by atoms with Crippen molar-refractivity contribution < 1.29 is 9.47 Å². The molecule has 1 rings (SSSR count). The Morgan fingerprint density at radius 3 is 2.74 bits per heavy atom. The van der Waals surface area contributed by atoms with E-state index in [1.165, 1.54) is 5.56 Å². The lowest BCUT2D eigenvalue weighted by Gasteiger charge is -2.15. The number of hydrogen-bond donors (Lipinski definition) is 2.